The van der Waals surface area contributed by atoms with Crippen LogP contribution in [0.25, 0.3) is 16.9 Å². The first-order chi connectivity index (χ1) is 18.0. The van der Waals surface area contributed by atoms with Gasteiger partial charge in [-0.05, 0) is 25.8 Å². The standard InChI is InChI=1S/C26H33N9O2/c1-19-15-37-12-11-34(19)23-13-20(21-14-29-35(24(21)30-23)22-6-8-28-31-22)5-3-9-32-16-26(17-32)7-4-10-33(18-26)25(36)27-2/h6,8,13-14,19H,4,7,9-12,15-18H2,1-2H3,(H,27,36)(H,28,31)/t19-/m1/s1. The lowest BCUT2D eigenvalue weighted by Crippen LogP contribution is -2.64. The fourth-order valence-electron chi connectivity index (χ4n) is 5.90. The number of amides is 2. The summed E-state index contributed by atoms with van der Waals surface area (Å²) in [5, 5.41) is 15.4. The van der Waals surface area contributed by atoms with Crippen molar-refractivity contribution in [2.75, 3.05) is 64.4 Å². The van der Waals surface area contributed by atoms with Crippen molar-refractivity contribution in [2.45, 2.75) is 25.8 Å². The molecule has 6 rings (SSSR count). The van der Waals surface area contributed by atoms with Crippen molar-refractivity contribution in [3.05, 3.63) is 30.1 Å². The van der Waals surface area contributed by atoms with Gasteiger partial charge in [0.05, 0.1) is 37.4 Å². The number of carbonyl (C=O) groups excluding carboxylic acids is 1. The molecule has 3 aliphatic heterocycles. The van der Waals surface area contributed by atoms with Crippen LogP contribution in [0.15, 0.2) is 24.5 Å². The highest BCUT2D eigenvalue weighted by atomic mass is 16.5. The van der Waals surface area contributed by atoms with Gasteiger partial charge in [0.1, 0.15) is 5.82 Å². The molecule has 0 aromatic carbocycles. The SMILES string of the molecule is CNC(=O)N1CCCC2(CN(CC#Cc3cc(N4CCOC[C@H]4C)nc4c3cnn4-c3cc[nH]n3)C2)C1. The number of morpholine rings is 1. The van der Waals surface area contributed by atoms with Crippen molar-refractivity contribution in [3.8, 4) is 17.7 Å². The summed E-state index contributed by atoms with van der Waals surface area (Å²) in [5.41, 5.74) is 1.87. The van der Waals surface area contributed by atoms with Crippen molar-refractivity contribution in [1.82, 2.24) is 40.1 Å². The molecule has 2 N–H and O–H groups in total. The number of nitrogens with zero attached hydrogens (tertiary/aromatic N) is 7. The number of aromatic amines is 1. The summed E-state index contributed by atoms with van der Waals surface area (Å²) in [4.78, 5) is 23.7. The van der Waals surface area contributed by atoms with Crippen molar-refractivity contribution >= 4 is 22.9 Å². The van der Waals surface area contributed by atoms with Crippen LogP contribution in [0.3, 0.4) is 0 Å². The van der Waals surface area contributed by atoms with Crippen LogP contribution in [-0.2, 0) is 4.74 Å². The van der Waals surface area contributed by atoms with E-state index in [9.17, 15) is 4.79 Å². The van der Waals surface area contributed by atoms with E-state index in [1.807, 2.05) is 17.2 Å². The minimum atomic E-state index is 0.0276. The molecule has 3 fully saturated rings. The van der Waals surface area contributed by atoms with Crippen LogP contribution in [0.5, 0.6) is 0 Å². The number of H-pyrrole nitrogens is 1. The van der Waals surface area contributed by atoms with Crippen LogP contribution in [0.2, 0.25) is 0 Å². The number of hydrogen-bond acceptors (Lipinski definition) is 7. The Morgan fingerprint density at radius 2 is 2.19 bits per heavy atom. The number of rotatable bonds is 3. The maximum atomic E-state index is 12.1. The third-order valence-electron chi connectivity index (χ3n) is 7.70. The van der Waals surface area contributed by atoms with Gasteiger partial charge in [-0.15, -0.1) is 0 Å². The average Bonchev–Trinajstić information content (AvgIpc) is 3.57. The lowest BCUT2D eigenvalue weighted by atomic mass is 9.73. The van der Waals surface area contributed by atoms with Crippen LogP contribution < -0.4 is 10.2 Å². The zero-order chi connectivity index (χ0) is 25.4. The Hall–Kier alpha value is -3.62. The van der Waals surface area contributed by atoms with Gasteiger partial charge in [-0.25, -0.2) is 9.78 Å². The number of aromatic nitrogens is 5. The molecule has 0 unspecified atom stereocenters. The first-order valence-corrected chi connectivity index (χ1v) is 13.0. The number of pyridine rings is 1. The Labute approximate surface area is 216 Å². The molecule has 3 aromatic heterocycles. The van der Waals surface area contributed by atoms with Gasteiger partial charge in [-0.2, -0.15) is 14.9 Å². The third kappa shape index (κ3) is 4.51. The number of hydrogen-bond donors (Lipinski definition) is 2. The second-order valence-electron chi connectivity index (χ2n) is 10.4. The molecule has 37 heavy (non-hydrogen) atoms. The van der Waals surface area contributed by atoms with Gasteiger partial charge in [-0.3, -0.25) is 10.00 Å². The van der Waals surface area contributed by atoms with E-state index in [1.54, 1.807) is 17.9 Å². The molecule has 0 saturated carbocycles. The molecular formula is C26H33N9O2. The topological polar surface area (TPSA) is 107 Å². The quantitative estimate of drug-likeness (QED) is 0.521. The Bertz CT molecular complexity index is 1330. The smallest absolute Gasteiger partial charge is 0.317 e. The summed E-state index contributed by atoms with van der Waals surface area (Å²) in [7, 11) is 1.70. The van der Waals surface area contributed by atoms with Crippen LogP contribution in [-0.4, -0.2) is 106 Å². The maximum Gasteiger partial charge on any atom is 0.317 e. The molecular weight excluding hydrogens is 470 g/mol. The number of anilines is 1. The predicted octanol–water partition coefficient (Wildman–Crippen LogP) is 1.46. The van der Waals surface area contributed by atoms with Gasteiger partial charge in [0, 0.05) is 63.0 Å². The van der Waals surface area contributed by atoms with Gasteiger partial charge < -0.3 is 19.9 Å². The number of likely N-dealkylation sites (tertiary alicyclic amines) is 2. The van der Waals surface area contributed by atoms with Crippen molar-refractivity contribution in [1.29, 1.82) is 0 Å². The van der Waals surface area contributed by atoms with Crippen molar-refractivity contribution in [2.24, 2.45) is 5.41 Å². The zero-order valence-electron chi connectivity index (χ0n) is 21.4. The summed E-state index contributed by atoms with van der Waals surface area (Å²) in [6, 6.07) is 4.20. The number of carbonyl (C=O) groups is 1. The number of fused-ring (bicyclic) bond motifs is 1. The number of piperidine rings is 1. The van der Waals surface area contributed by atoms with Crippen LogP contribution in [0, 0.1) is 17.3 Å². The number of nitrogens with one attached hydrogen (secondary N) is 2. The zero-order valence-corrected chi connectivity index (χ0v) is 21.4. The lowest BCUT2D eigenvalue weighted by Gasteiger charge is -2.54. The lowest BCUT2D eigenvalue weighted by molar-refractivity contribution is -0.0359. The van der Waals surface area contributed by atoms with Crippen LogP contribution in [0.4, 0.5) is 10.6 Å². The average molecular weight is 504 g/mol. The van der Waals surface area contributed by atoms with Gasteiger partial charge in [0.25, 0.3) is 0 Å². The molecule has 194 valence electrons. The van der Waals surface area contributed by atoms with E-state index in [4.69, 9.17) is 9.72 Å². The molecule has 6 heterocycles. The highest BCUT2D eigenvalue weighted by molar-refractivity contribution is 5.85. The largest absolute Gasteiger partial charge is 0.377 e. The Morgan fingerprint density at radius 1 is 1.30 bits per heavy atom. The molecule has 1 atom stereocenters. The van der Waals surface area contributed by atoms with E-state index in [1.165, 1.54) is 6.42 Å². The maximum absolute atomic E-state index is 12.1. The minimum absolute atomic E-state index is 0.0276. The summed E-state index contributed by atoms with van der Waals surface area (Å²) in [6.45, 7) is 8.62. The van der Waals surface area contributed by atoms with Crippen molar-refractivity contribution in [3.63, 3.8) is 0 Å². The number of urea groups is 1. The van der Waals surface area contributed by atoms with Gasteiger partial charge >= 0.3 is 6.03 Å². The molecule has 1 spiro atoms. The van der Waals surface area contributed by atoms with E-state index in [2.05, 4.69) is 55.2 Å². The predicted molar refractivity (Wildman–Crippen MR) is 140 cm³/mol. The van der Waals surface area contributed by atoms with E-state index >= 15 is 0 Å². The molecule has 3 saturated heterocycles. The highest BCUT2D eigenvalue weighted by Gasteiger charge is 2.46. The van der Waals surface area contributed by atoms with E-state index in [0.29, 0.717) is 25.6 Å². The van der Waals surface area contributed by atoms with Crippen molar-refractivity contribution < 1.29 is 9.53 Å². The Kier molecular flexibility index (Phi) is 6.22. The van der Waals surface area contributed by atoms with E-state index < -0.39 is 0 Å². The summed E-state index contributed by atoms with van der Waals surface area (Å²) < 4.78 is 7.40. The Balaban J connectivity index is 1.23. The van der Waals surface area contributed by atoms with Gasteiger partial charge in [0.2, 0.25) is 0 Å². The first-order valence-electron chi connectivity index (χ1n) is 13.0. The third-order valence-corrected chi connectivity index (χ3v) is 7.70. The monoisotopic (exact) mass is 503 g/mol. The van der Waals surface area contributed by atoms with Gasteiger partial charge in [-0.1, -0.05) is 11.8 Å². The number of ether oxygens (including phenoxy) is 1. The second-order valence-corrected chi connectivity index (χ2v) is 10.4. The fourth-order valence-corrected chi connectivity index (χ4v) is 5.90. The molecule has 3 aliphatic rings. The summed E-state index contributed by atoms with van der Waals surface area (Å²) in [6.07, 6.45) is 5.83. The fraction of sp³-hybridized carbons (Fsp3) is 0.538. The van der Waals surface area contributed by atoms with Crippen LogP contribution in [0.1, 0.15) is 25.3 Å². The molecule has 2 amide bonds. The minimum Gasteiger partial charge on any atom is -0.377 e. The van der Waals surface area contributed by atoms with E-state index in [-0.39, 0.29) is 17.5 Å². The molecule has 3 aromatic rings. The molecule has 0 aliphatic carbocycles. The second kappa shape index (κ2) is 9.68. The first kappa shape index (κ1) is 23.8. The molecule has 11 nitrogen and oxygen atoms in total. The van der Waals surface area contributed by atoms with Gasteiger partial charge in [0.15, 0.2) is 11.5 Å². The molecule has 11 heteroatoms. The van der Waals surface area contributed by atoms with E-state index in [0.717, 1.165) is 61.6 Å². The normalized spacial score (nSPS) is 21.5. The summed E-state index contributed by atoms with van der Waals surface area (Å²) >= 11 is 0. The highest BCUT2D eigenvalue weighted by Crippen LogP contribution is 2.38. The summed E-state index contributed by atoms with van der Waals surface area (Å²) in [5.74, 6) is 8.39. The Morgan fingerprint density at radius 3 is 2.97 bits per heavy atom. The molecule has 0 bridgehead atoms. The molecule has 0 radical (unpaired) electrons. The van der Waals surface area contributed by atoms with Crippen LogP contribution >= 0.6 is 0 Å².